The van der Waals surface area contributed by atoms with E-state index in [2.05, 4.69) is 0 Å². The molecule has 1 aromatic carbocycles. The fraction of sp³-hybridized carbons (Fsp3) is 0.455. The molecule has 0 spiro atoms. The van der Waals surface area contributed by atoms with Crippen LogP contribution in [0.5, 0.6) is 0 Å². The Labute approximate surface area is 110 Å². The molecule has 4 nitrogen and oxygen atoms in total. The van der Waals surface area contributed by atoms with Gasteiger partial charge in [0.25, 0.3) is 0 Å². The number of benzene rings is 1. The molecule has 108 valence electrons. The van der Waals surface area contributed by atoms with E-state index in [-0.39, 0.29) is 17.1 Å². The second-order valence-corrected chi connectivity index (χ2v) is 5.98. The average Bonchev–Trinajstić information content (AvgIpc) is 2.27. The van der Waals surface area contributed by atoms with Crippen molar-refractivity contribution < 1.29 is 21.6 Å². The Balaban J connectivity index is 3.25. The van der Waals surface area contributed by atoms with E-state index in [1.54, 1.807) is 0 Å². The van der Waals surface area contributed by atoms with Gasteiger partial charge in [-0.25, -0.2) is 8.42 Å². The second-order valence-electron chi connectivity index (χ2n) is 4.07. The first kappa shape index (κ1) is 15.8. The summed E-state index contributed by atoms with van der Waals surface area (Å²) in [6.45, 7) is 1.08. The van der Waals surface area contributed by atoms with Crippen LogP contribution in [0.2, 0.25) is 0 Å². The standard InChI is InChI=1S/C11H15F3N2O2S/c1-3-16(7-11(12,13)14)19(17,18)10-6-9(15)5-4-8(10)2/h4-6H,3,7,15H2,1-2H3. The van der Waals surface area contributed by atoms with Gasteiger partial charge in [-0.3, -0.25) is 0 Å². The van der Waals surface area contributed by atoms with Crippen LogP contribution in [0.4, 0.5) is 18.9 Å². The molecule has 1 rings (SSSR count). The first-order valence-electron chi connectivity index (χ1n) is 5.51. The summed E-state index contributed by atoms with van der Waals surface area (Å²) in [4.78, 5) is -0.196. The quantitative estimate of drug-likeness (QED) is 0.866. The fourth-order valence-corrected chi connectivity index (χ4v) is 3.29. The minimum atomic E-state index is -4.59. The molecule has 0 aliphatic rings. The monoisotopic (exact) mass is 296 g/mol. The summed E-state index contributed by atoms with van der Waals surface area (Å²) in [6.07, 6.45) is -4.59. The lowest BCUT2D eigenvalue weighted by molar-refractivity contribution is -0.135. The second kappa shape index (κ2) is 5.38. The van der Waals surface area contributed by atoms with Crippen molar-refractivity contribution >= 4 is 15.7 Å². The third-order valence-corrected chi connectivity index (χ3v) is 4.60. The van der Waals surface area contributed by atoms with Gasteiger partial charge >= 0.3 is 6.18 Å². The fourth-order valence-electron chi connectivity index (χ4n) is 1.60. The lowest BCUT2D eigenvalue weighted by Gasteiger charge is -2.22. The maximum absolute atomic E-state index is 12.4. The Hall–Kier alpha value is -1.28. The van der Waals surface area contributed by atoms with Gasteiger partial charge in [0.05, 0.1) is 4.90 Å². The number of halogens is 3. The molecule has 19 heavy (non-hydrogen) atoms. The van der Waals surface area contributed by atoms with Gasteiger partial charge < -0.3 is 5.73 Å². The predicted octanol–water partition coefficient (Wildman–Crippen LogP) is 2.15. The van der Waals surface area contributed by atoms with Crippen molar-refractivity contribution in [2.24, 2.45) is 0 Å². The minimum Gasteiger partial charge on any atom is -0.399 e. The summed E-state index contributed by atoms with van der Waals surface area (Å²) in [6, 6.07) is 4.13. The SMILES string of the molecule is CCN(CC(F)(F)F)S(=O)(=O)c1cc(N)ccc1C. The van der Waals surface area contributed by atoms with Crippen molar-refractivity contribution in [3.8, 4) is 0 Å². The van der Waals surface area contributed by atoms with Crippen molar-refractivity contribution in [3.05, 3.63) is 23.8 Å². The van der Waals surface area contributed by atoms with Crippen molar-refractivity contribution in [1.29, 1.82) is 0 Å². The highest BCUT2D eigenvalue weighted by atomic mass is 32.2. The van der Waals surface area contributed by atoms with Crippen LogP contribution in [0.1, 0.15) is 12.5 Å². The van der Waals surface area contributed by atoms with E-state index >= 15 is 0 Å². The molecule has 1 aromatic rings. The van der Waals surface area contributed by atoms with Crippen molar-refractivity contribution in [2.45, 2.75) is 24.9 Å². The van der Waals surface area contributed by atoms with E-state index in [0.717, 1.165) is 0 Å². The third-order valence-electron chi connectivity index (χ3n) is 2.54. The molecule has 2 N–H and O–H groups in total. The number of nitrogen functional groups attached to an aromatic ring is 1. The maximum atomic E-state index is 12.4. The highest BCUT2D eigenvalue weighted by Gasteiger charge is 2.36. The van der Waals surface area contributed by atoms with E-state index in [0.29, 0.717) is 9.87 Å². The van der Waals surface area contributed by atoms with E-state index in [1.807, 2.05) is 0 Å². The van der Waals surface area contributed by atoms with Gasteiger partial charge in [0, 0.05) is 12.2 Å². The molecule has 0 aliphatic carbocycles. The molecule has 0 aliphatic heterocycles. The number of hydrogen-bond acceptors (Lipinski definition) is 3. The van der Waals surface area contributed by atoms with Gasteiger partial charge in [-0.15, -0.1) is 0 Å². The normalized spacial score (nSPS) is 12.9. The van der Waals surface area contributed by atoms with Crippen LogP contribution in [0.3, 0.4) is 0 Å². The molecule has 0 bridgehead atoms. The van der Waals surface area contributed by atoms with Crippen LogP contribution in [-0.4, -0.2) is 32.0 Å². The number of aryl methyl sites for hydroxylation is 1. The van der Waals surface area contributed by atoms with Crippen molar-refractivity contribution in [1.82, 2.24) is 4.31 Å². The Morgan fingerprint density at radius 1 is 1.32 bits per heavy atom. The summed E-state index contributed by atoms with van der Waals surface area (Å²) in [5, 5.41) is 0. The lowest BCUT2D eigenvalue weighted by atomic mass is 10.2. The summed E-state index contributed by atoms with van der Waals surface area (Å²) in [5.41, 5.74) is 6.03. The first-order valence-corrected chi connectivity index (χ1v) is 6.95. The molecular formula is C11H15F3N2O2S. The molecule has 0 radical (unpaired) electrons. The maximum Gasteiger partial charge on any atom is 0.402 e. The molecule has 0 aromatic heterocycles. The zero-order valence-corrected chi connectivity index (χ0v) is 11.3. The van der Waals surface area contributed by atoms with Crippen LogP contribution in [-0.2, 0) is 10.0 Å². The van der Waals surface area contributed by atoms with Gasteiger partial charge in [0.15, 0.2) is 0 Å². The molecular weight excluding hydrogens is 281 g/mol. The number of alkyl halides is 3. The molecule has 0 saturated carbocycles. The molecule has 0 heterocycles. The average molecular weight is 296 g/mol. The van der Waals surface area contributed by atoms with Crippen LogP contribution in [0.15, 0.2) is 23.1 Å². The molecule has 8 heteroatoms. The molecule has 0 atom stereocenters. The molecule has 0 fully saturated rings. The number of nitrogens with two attached hydrogens (primary N) is 1. The molecule has 0 saturated heterocycles. The third kappa shape index (κ3) is 3.84. The zero-order chi connectivity index (χ0) is 14.8. The molecule has 0 unspecified atom stereocenters. The Kier molecular flexibility index (Phi) is 4.46. The Bertz CT molecular complexity index is 556. The highest BCUT2D eigenvalue weighted by Crippen LogP contribution is 2.25. The number of sulfonamides is 1. The van der Waals surface area contributed by atoms with Gasteiger partial charge in [-0.2, -0.15) is 17.5 Å². The van der Waals surface area contributed by atoms with Crippen LogP contribution >= 0.6 is 0 Å². The Morgan fingerprint density at radius 3 is 2.37 bits per heavy atom. The Morgan fingerprint density at radius 2 is 1.89 bits per heavy atom. The van der Waals surface area contributed by atoms with Crippen LogP contribution in [0, 0.1) is 6.92 Å². The van der Waals surface area contributed by atoms with E-state index in [4.69, 9.17) is 5.73 Å². The number of hydrogen-bond donors (Lipinski definition) is 1. The van der Waals surface area contributed by atoms with E-state index in [1.165, 1.54) is 32.0 Å². The highest BCUT2D eigenvalue weighted by molar-refractivity contribution is 7.89. The predicted molar refractivity (Wildman–Crippen MR) is 66.1 cm³/mol. The number of nitrogens with zero attached hydrogens (tertiary/aromatic N) is 1. The summed E-state index contributed by atoms with van der Waals surface area (Å²) < 4.78 is 61.9. The van der Waals surface area contributed by atoms with Crippen molar-refractivity contribution in [2.75, 3.05) is 18.8 Å². The van der Waals surface area contributed by atoms with E-state index < -0.39 is 22.7 Å². The van der Waals surface area contributed by atoms with Gasteiger partial charge in [0.1, 0.15) is 6.54 Å². The largest absolute Gasteiger partial charge is 0.402 e. The first-order chi connectivity index (χ1) is 8.58. The van der Waals surface area contributed by atoms with Crippen molar-refractivity contribution in [3.63, 3.8) is 0 Å². The molecule has 0 amide bonds. The van der Waals surface area contributed by atoms with Gasteiger partial charge in [-0.1, -0.05) is 13.0 Å². The topological polar surface area (TPSA) is 63.4 Å². The summed E-state index contributed by atoms with van der Waals surface area (Å²) in [5.74, 6) is 0. The van der Waals surface area contributed by atoms with Gasteiger partial charge in [0.2, 0.25) is 10.0 Å². The summed E-state index contributed by atoms with van der Waals surface area (Å²) in [7, 11) is -4.20. The number of anilines is 1. The van der Waals surface area contributed by atoms with Gasteiger partial charge in [-0.05, 0) is 24.6 Å². The summed E-state index contributed by atoms with van der Waals surface area (Å²) >= 11 is 0. The lowest BCUT2D eigenvalue weighted by Crippen LogP contribution is -2.39. The minimum absolute atomic E-state index is 0.187. The number of rotatable bonds is 4. The van der Waals surface area contributed by atoms with Crippen LogP contribution in [0.25, 0.3) is 0 Å². The smallest absolute Gasteiger partial charge is 0.399 e. The van der Waals surface area contributed by atoms with E-state index in [9.17, 15) is 21.6 Å². The zero-order valence-electron chi connectivity index (χ0n) is 10.5. The van der Waals surface area contributed by atoms with Crippen LogP contribution < -0.4 is 5.73 Å².